The molecule has 142 valence electrons. The maximum absolute atomic E-state index is 11.8. The van der Waals surface area contributed by atoms with Crippen molar-refractivity contribution >= 4 is 12.0 Å². The average Bonchev–Trinajstić information content (AvgIpc) is 2.69. The van der Waals surface area contributed by atoms with Crippen LogP contribution in [0.15, 0.2) is 48.5 Å². The number of carbonyl (C=O) groups is 1. The van der Waals surface area contributed by atoms with Crippen molar-refractivity contribution in [3.8, 4) is 11.1 Å². The van der Waals surface area contributed by atoms with Gasteiger partial charge in [-0.2, -0.15) is 0 Å². The van der Waals surface area contributed by atoms with Crippen molar-refractivity contribution in [1.82, 2.24) is 0 Å². The molecule has 0 bridgehead atoms. The van der Waals surface area contributed by atoms with Crippen LogP contribution in [0, 0.1) is 5.92 Å². The molecule has 2 aromatic rings. The third-order valence-electron chi connectivity index (χ3n) is 5.87. The third-order valence-corrected chi connectivity index (χ3v) is 5.87. The summed E-state index contributed by atoms with van der Waals surface area (Å²) in [5.74, 6) is 0.575. The van der Waals surface area contributed by atoms with E-state index < -0.39 is 5.97 Å². The van der Waals surface area contributed by atoms with E-state index in [1.165, 1.54) is 44.1 Å². The molecule has 3 rings (SSSR count). The molecule has 0 saturated heterocycles. The van der Waals surface area contributed by atoms with Crippen LogP contribution in [0.3, 0.4) is 0 Å². The van der Waals surface area contributed by atoms with Gasteiger partial charge in [0.05, 0.1) is 5.56 Å². The van der Waals surface area contributed by atoms with Crippen molar-refractivity contribution in [1.29, 1.82) is 0 Å². The molecule has 2 heteroatoms. The molecule has 1 saturated carbocycles. The lowest BCUT2D eigenvalue weighted by Gasteiger charge is -2.29. The van der Waals surface area contributed by atoms with E-state index in [0.717, 1.165) is 22.6 Å². The zero-order valence-electron chi connectivity index (χ0n) is 16.4. The molecule has 0 aromatic heterocycles. The second-order valence-corrected chi connectivity index (χ2v) is 7.74. The molecular formula is C25H30O2. The number of aromatic carboxylic acids is 1. The van der Waals surface area contributed by atoms with Gasteiger partial charge in [0.25, 0.3) is 0 Å². The maximum Gasteiger partial charge on any atom is 0.336 e. The van der Waals surface area contributed by atoms with Gasteiger partial charge in [0, 0.05) is 0 Å². The number of rotatable bonds is 6. The highest BCUT2D eigenvalue weighted by Crippen LogP contribution is 2.39. The summed E-state index contributed by atoms with van der Waals surface area (Å²) in [6.07, 6.45) is 11.7. The van der Waals surface area contributed by atoms with Crippen LogP contribution in [0.1, 0.15) is 79.8 Å². The van der Waals surface area contributed by atoms with Crippen molar-refractivity contribution in [3.05, 3.63) is 65.2 Å². The van der Waals surface area contributed by atoms with Crippen LogP contribution in [0.4, 0.5) is 0 Å². The fraction of sp³-hybridized carbons (Fsp3) is 0.400. The fourth-order valence-electron chi connectivity index (χ4n) is 4.40. The van der Waals surface area contributed by atoms with Crippen molar-refractivity contribution in [2.45, 2.75) is 58.3 Å². The first-order valence-corrected chi connectivity index (χ1v) is 10.2. The zero-order valence-corrected chi connectivity index (χ0v) is 16.4. The van der Waals surface area contributed by atoms with E-state index in [9.17, 15) is 9.90 Å². The number of carboxylic acid groups (broad SMARTS) is 1. The number of allylic oxidation sites excluding steroid dienone is 1. The summed E-state index contributed by atoms with van der Waals surface area (Å²) in [6.45, 7) is 4.26. The summed E-state index contributed by atoms with van der Waals surface area (Å²) in [4.78, 5) is 11.8. The largest absolute Gasteiger partial charge is 0.478 e. The van der Waals surface area contributed by atoms with Gasteiger partial charge in [-0.1, -0.05) is 68.3 Å². The Kier molecular flexibility index (Phi) is 6.49. The van der Waals surface area contributed by atoms with Crippen molar-refractivity contribution < 1.29 is 9.90 Å². The Bertz CT molecular complexity index is 794. The normalized spacial score (nSPS) is 20.1. The van der Waals surface area contributed by atoms with Crippen molar-refractivity contribution in [3.63, 3.8) is 0 Å². The van der Waals surface area contributed by atoms with Gasteiger partial charge in [0.1, 0.15) is 0 Å². The summed E-state index contributed by atoms with van der Waals surface area (Å²) in [7, 11) is 0. The Balaban J connectivity index is 1.88. The summed E-state index contributed by atoms with van der Waals surface area (Å²) in [6, 6.07) is 14.1. The molecule has 0 aliphatic heterocycles. The van der Waals surface area contributed by atoms with E-state index in [1.807, 2.05) is 49.4 Å². The average molecular weight is 363 g/mol. The highest BCUT2D eigenvalue weighted by molar-refractivity contribution is 5.96. The van der Waals surface area contributed by atoms with E-state index in [0.29, 0.717) is 11.5 Å². The Morgan fingerprint density at radius 2 is 1.78 bits per heavy atom. The molecule has 0 heterocycles. The van der Waals surface area contributed by atoms with Gasteiger partial charge in [-0.3, -0.25) is 0 Å². The first kappa shape index (κ1) is 19.4. The molecule has 2 nitrogen and oxygen atoms in total. The van der Waals surface area contributed by atoms with Crippen LogP contribution in [0.25, 0.3) is 17.2 Å². The van der Waals surface area contributed by atoms with E-state index >= 15 is 0 Å². The van der Waals surface area contributed by atoms with Crippen LogP contribution < -0.4 is 0 Å². The van der Waals surface area contributed by atoms with E-state index in [2.05, 4.69) is 13.0 Å². The van der Waals surface area contributed by atoms with Gasteiger partial charge >= 0.3 is 5.97 Å². The van der Waals surface area contributed by atoms with E-state index in [1.54, 1.807) is 6.07 Å². The molecule has 0 radical (unpaired) electrons. The quantitative estimate of drug-likeness (QED) is 0.592. The Morgan fingerprint density at radius 3 is 2.37 bits per heavy atom. The molecule has 0 atom stereocenters. The van der Waals surface area contributed by atoms with E-state index in [-0.39, 0.29) is 0 Å². The molecule has 0 amide bonds. The standard InChI is InChI=1S/C25H30O2/c1-3-5-18-7-11-20(12-8-18)22-15-16-23(25(26)27)24(17-22)21-13-9-19(6-4-2)10-14-21/h4,6,9-10,13-18,20H,3,5,7-8,11-12H2,1-2H3,(H,26,27). The molecule has 1 N–H and O–H groups in total. The smallest absolute Gasteiger partial charge is 0.336 e. The number of hydrogen-bond donors (Lipinski definition) is 1. The second kappa shape index (κ2) is 9.03. The minimum absolute atomic E-state index is 0.386. The van der Waals surface area contributed by atoms with E-state index in [4.69, 9.17) is 0 Å². The molecule has 1 aliphatic rings. The predicted molar refractivity (Wildman–Crippen MR) is 113 cm³/mol. The molecule has 2 aromatic carbocycles. The predicted octanol–water partition coefficient (Wildman–Crippen LogP) is 7.16. The van der Waals surface area contributed by atoms with Gasteiger partial charge in [0.2, 0.25) is 0 Å². The van der Waals surface area contributed by atoms with Crippen LogP contribution in [-0.2, 0) is 0 Å². The summed E-state index contributed by atoms with van der Waals surface area (Å²) < 4.78 is 0. The minimum Gasteiger partial charge on any atom is -0.478 e. The number of hydrogen-bond acceptors (Lipinski definition) is 1. The Morgan fingerprint density at radius 1 is 1.07 bits per heavy atom. The van der Waals surface area contributed by atoms with Crippen molar-refractivity contribution in [2.24, 2.45) is 5.92 Å². The highest BCUT2D eigenvalue weighted by Gasteiger charge is 2.23. The maximum atomic E-state index is 11.8. The highest BCUT2D eigenvalue weighted by atomic mass is 16.4. The topological polar surface area (TPSA) is 37.3 Å². The SMILES string of the molecule is CC=Cc1ccc(-c2cc(C3CCC(CCC)CC3)ccc2C(=O)O)cc1. The Hall–Kier alpha value is -2.35. The molecule has 1 fully saturated rings. The first-order chi connectivity index (χ1) is 13.1. The summed E-state index contributed by atoms with van der Waals surface area (Å²) in [5, 5.41) is 9.65. The molecular weight excluding hydrogens is 332 g/mol. The minimum atomic E-state index is -0.860. The van der Waals surface area contributed by atoms with Gasteiger partial charge < -0.3 is 5.11 Å². The van der Waals surface area contributed by atoms with Crippen LogP contribution in [-0.4, -0.2) is 11.1 Å². The first-order valence-electron chi connectivity index (χ1n) is 10.2. The molecule has 27 heavy (non-hydrogen) atoms. The lowest BCUT2D eigenvalue weighted by atomic mass is 9.76. The monoisotopic (exact) mass is 362 g/mol. The zero-order chi connectivity index (χ0) is 19.2. The molecule has 0 spiro atoms. The number of carboxylic acids is 1. The van der Waals surface area contributed by atoms with Crippen LogP contribution in [0.5, 0.6) is 0 Å². The fourth-order valence-corrected chi connectivity index (χ4v) is 4.40. The van der Waals surface area contributed by atoms with Crippen LogP contribution in [0.2, 0.25) is 0 Å². The van der Waals surface area contributed by atoms with Gasteiger partial charge in [-0.15, -0.1) is 0 Å². The summed E-state index contributed by atoms with van der Waals surface area (Å²) >= 11 is 0. The summed E-state index contributed by atoms with van der Waals surface area (Å²) in [5.41, 5.74) is 4.62. The molecule has 0 unspecified atom stereocenters. The lowest BCUT2D eigenvalue weighted by Crippen LogP contribution is -2.13. The third kappa shape index (κ3) is 4.68. The second-order valence-electron chi connectivity index (χ2n) is 7.74. The number of benzene rings is 2. The van der Waals surface area contributed by atoms with Crippen LogP contribution >= 0.6 is 0 Å². The Labute approximate surface area is 162 Å². The van der Waals surface area contributed by atoms with Gasteiger partial charge in [-0.25, -0.2) is 4.79 Å². The van der Waals surface area contributed by atoms with Gasteiger partial charge in [-0.05, 0) is 72.8 Å². The van der Waals surface area contributed by atoms with Crippen molar-refractivity contribution in [2.75, 3.05) is 0 Å². The lowest BCUT2D eigenvalue weighted by molar-refractivity contribution is 0.0697. The van der Waals surface area contributed by atoms with Gasteiger partial charge in [0.15, 0.2) is 0 Å². The molecule has 1 aliphatic carbocycles.